The number of benzene rings is 1. The number of aromatic nitrogens is 1. The molecule has 0 saturated carbocycles. The predicted molar refractivity (Wildman–Crippen MR) is 84.3 cm³/mol. The van der Waals surface area contributed by atoms with Gasteiger partial charge in [-0.25, -0.2) is 0 Å². The molecular formula is C15H14BrN3O2. The van der Waals surface area contributed by atoms with Gasteiger partial charge in [-0.3, -0.25) is 15.1 Å². The highest BCUT2D eigenvalue weighted by atomic mass is 79.9. The summed E-state index contributed by atoms with van der Waals surface area (Å²) in [6.07, 6.45) is 4.91. The molecule has 2 aromatic rings. The topological polar surface area (TPSA) is 68.1 Å². The fourth-order valence-corrected chi connectivity index (χ4v) is 3.08. The molecule has 1 aliphatic carbocycles. The molecule has 5 nitrogen and oxygen atoms in total. The van der Waals surface area contributed by atoms with Crippen LogP contribution in [-0.2, 0) is 6.42 Å². The fourth-order valence-electron chi connectivity index (χ4n) is 2.69. The Bertz CT molecular complexity index is 690. The number of hydrogen-bond acceptors (Lipinski definition) is 4. The van der Waals surface area contributed by atoms with Gasteiger partial charge in [0.1, 0.15) is 0 Å². The average Bonchev–Trinajstić information content (AvgIpc) is 2.49. The smallest absolute Gasteiger partial charge is 0.285 e. The van der Waals surface area contributed by atoms with E-state index in [1.54, 1.807) is 18.3 Å². The van der Waals surface area contributed by atoms with E-state index in [2.05, 4.69) is 32.3 Å². The number of rotatable bonds is 3. The lowest BCUT2D eigenvalue weighted by Gasteiger charge is -2.26. The number of nitro groups is 1. The number of fused-ring (bicyclic) bond motifs is 1. The van der Waals surface area contributed by atoms with E-state index in [0.717, 1.165) is 30.6 Å². The lowest BCUT2D eigenvalue weighted by molar-refractivity contribution is -0.385. The minimum atomic E-state index is -0.387. The zero-order valence-corrected chi connectivity index (χ0v) is 12.8. The molecule has 108 valence electrons. The van der Waals surface area contributed by atoms with Gasteiger partial charge in [0.05, 0.1) is 21.1 Å². The number of halogens is 1. The number of nitrogens with one attached hydrogen (secondary N) is 1. The summed E-state index contributed by atoms with van der Waals surface area (Å²) in [4.78, 5) is 15.1. The molecule has 0 bridgehead atoms. The highest BCUT2D eigenvalue weighted by Gasteiger charge is 2.22. The van der Waals surface area contributed by atoms with Crippen molar-refractivity contribution in [3.05, 3.63) is 62.4 Å². The maximum absolute atomic E-state index is 11.0. The molecule has 1 heterocycles. The van der Waals surface area contributed by atoms with Crippen LogP contribution in [0.2, 0.25) is 0 Å². The van der Waals surface area contributed by atoms with Crippen molar-refractivity contribution in [1.82, 2.24) is 4.98 Å². The molecule has 0 fully saturated rings. The average molecular weight is 348 g/mol. The van der Waals surface area contributed by atoms with Gasteiger partial charge in [-0.15, -0.1) is 0 Å². The molecule has 0 amide bonds. The van der Waals surface area contributed by atoms with Gasteiger partial charge in [-0.1, -0.05) is 6.07 Å². The maximum Gasteiger partial charge on any atom is 0.285 e. The molecule has 21 heavy (non-hydrogen) atoms. The Morgan fingerprint density at radius 2 is 2.24 bits per heavy atom. The van der Waals surface area contributed by atoms with Crippen molar-refractivity contribution in [2.45, 2.75) is 25.3 Å². The maximum atomic E-state index is 11.0. The summed E-state index contributed by atoms with van der Waals surface area (Å²) in [7, 11) is 0. The Morgan fingerprint density at radius 1 is 1.38 bits per heavy atom. The first-order valence-electron chi connectivity index (χ1n) is 6.79. The van der Waals surface area contributed by atoms with Crippen molar-refractivity contribution in [3.63, 3.8) is 0 Å². The largest absolute Gasteiger partial charge is 0.376 e. The van der Waals surface area contributed by atoms with Gasteiger partial charge in [0, 0.05) is 18.0 Å². The van der Waals surface area contributed by atoms with Crippen LogP contribution in [0.3, 0.4) is 0 Å². The highest BCUT2D eigenvalue weighted by molar-refractivity contribution is 9.10. The molecule has 3 rings (SSSR count). The molecule has 1 aromatic heterocycles. The van der Waals surface area contributed by atoms with Crippen LogP contribution in [0.15, 0.2) is 41.0 Å². The van der Waals surface area contributed by atoms with Crippen molar-refractivity contribution in [2.75, 3.05) is 5.32 Å². The highest BCUT2D eigenvalue weighted by Crippen LogP contribution is 2.33. The number of aryl methyl sites for hydroxylation is 1. The first-order chi connectivity index (χ1) is 10.1. The van der Waals surface area contributed by atoms with Crippen molar-refractivity contribution in [2.24, 2.45) is 0 Å². The van der Waals surface area contributed by atoms with Gasteiger partial charge >= 0.3 is 0 Å². The molecule has 1 N–H and O–H groups in total. The monoisotopic (exact) mass is 347 g/mol. The molecule has 1 aromatic carbocycles. The second kappa shape index (κ2) is 5.81. The normalized spacial score (nSPS) is 17.1. The number of hydrogen-bond donors (Lipinski definition) is 1. The standard InChI is InChI=1S/C15H14BrN3O2/c16-12-7-6-11(9-14(12)19(20)21)18-13-5-1-3-10-4-2-8-17-15(10)13/h2,4,6-9,13,18H,1,3,5H2. The fraction of sp³-hybridized carbons (Fsp3) is 0.267. The van der Waals surface area contributed by atoms with Crippen LogP contribution >= 0.6 is 15.9 Å². The first-order valence-corrected chi connectivity index (χ1v) is 7.59. The van der Waals surface area contributed by atoms with Gasteiger partial charge in [0.15, 0.2) is 0 Å². The van der Waals surface area contributed by atoms with Gasteiger partial charge in [-0.2, -0.15) is 0 Å². The third-order valence-electron chi connectivity index (χ3n) is 3.68. The van der Waals surface area contributed by atoms with Crippen molar-refractivity contribution in [1.29, 1.82) is 0 Å². The summed E-state index contributed by atoms with van der Waals surface area (Å²) in [5.74, 6) is 0. The summed E-state index contributed by atoms with van der Waals surface area (Å²) in [5, 5.41) is 14.4. The number of nitrogens with zero attached hydrogens (tertiary/aromatic N) is 2. The van der Waals surface area contributed by atoms with E-state index in [0.29, 0.717) is 4.47 Å². The van der Waals surface area contributed by atoms with E-state index in [1.165, 1.54) is 5.56 Å². The Hall–Kier alpha value is -1.95. The van der Waals surface area contributed by atoms with Gasteiger partial charge < -0.3 is 5.32 Å². The molecule has 0 spiro atoms. The summed E-state index contributed by atoms with van der Waals surface area (Å²) < 4.78 is 0.486. The van der Waals surface area contributed by atoms with Gasteiger partial charge in [0.2, 0.25) is 0 Å². The van der Waals surface area contributed by atoms with E-state index >= 15 is 0 Å². The summed E-state index contributed by atoms with van der Waals surface area (Å²) >= 11 is 3.20. The number of nitro benzene ring substituents is 1. The van der Waals surface area contributed by atoms with Crippen LogP contribution in [0.1, 0.15) is 30.1 Å². The van der Waals surface area contributed by atoms with E-state index < -0.39 is 0 Å². The minimum absolute atomic E-state index is 0.0667. The SMILES string of the molecule is O=[N+]([O-])c1cc(NC2CCCc3cccnc32)ccc1Br. The van der Waals surface area contributed by atoms with Crippen LogP contribution in [-0.4, -0.2) is 9.91 Å². The number of pyridine rings is 1. The third-order valence-corrected chi connectivity index (χ3v) is 4.35. The summed E-state index contributed by atoms with van der Waals surface area (Å²) in [6, 6.07) is 9.25. The van der Waals surface area contributed by atoms with Crippen LogP contribution in [0.4, 0.5) is 11.4 Å². The van der Waals surface area contributed by atoms with Gasteiger partial charge in [0.25, 0.3) is 5.69 Å². The summed E-state index contributed by atoms with van der Waals surface area (Å²) in [5.41, 5.74) is 3.12. The van der Waals surface area contributed by atoms with Crippen LogP contribution in [0, 0.1) is 10.1 Å². The van der Waals surface area contributed by atoms with E-state index in [4.69, 9.17) is 0 Å². The molecule has 1 unspecified atom stereocenters. The second-order valence-electron chi connectivity index (χ2n) is 5.06. The van der Waals surface area contributed by atoms with Crippen molar-refractivity contribution < 1.29 is 4.92 Å². The molecule has 1 atom stereocenters. The molecule has 0 radical (unpaired) electrons. The zero-order chi connectivity index (χ0) is 14.8. The first kappa shape index (κ1) is 14.0. The Kier molecular flexibility index (Phi) is 3.88. The quantitative estimate of drug-likeness (QED) is 0.665. The van der Waals surface area contributed by atoms with Crippen molar-refractivity contribution in [3.8, 4) is 0 Å². The van der Waals surface area contributed by atoms with E-state index in [-0.39, 0.29) is 16.7 Å². The molecule has 0 saturated heterocycles. The molecule has 1 aliphatic rings. The molecule has 6 heteroatoms. The van der Waals surface area contributed by atoms with E-state index in [1.807, 2.05) is 12.1 Å². The lowest BCUT2D eigenvalue weighted by Crippen LogP contribution is -2.18. The van der Waals surface area contributed by atoms with Gasteiger partial charge in [-0.05, 0) is 59.0 Å². The predicted octanol–water partition coefficient (Wildman–Crippen LogP) is 4.24. The van der Waals surface area contributed by atoms with Crippen molar-refractivity contribution >= 4 is 27.3 Å². The zero-order valence-electron chi connectivity index (χ0n) is 11.3. The second-order valence-corrected chi connectivity index (χ2v) is 5.91. The molecule has 0 aliphatic heterocycles. The Labute approximate surface area is 130 Å². The van der Waals surface area contributed by atoms with Crippen LogP contribution in [0.5, 0.6) is 0 Å². The summed E-state index contributed by atoms with van der Waals surface area (Å²) in [6.45, 7) is 0. The minimum Gasteiger partial charge on any atom is -0.376 e. The van der Waals surface area contributed by atoms with Crippen LogP contribution in [0.25, 0.3) is 0 Å². The molecular weight excluding hydrogens is 334 g/mol. The van der Waals surface area contributed by atoms with Crippen LogP contribution < -0.4 is 5.32 Å². The Morgan fingerprint density at radius 3 is 3.05 bits per heavy atom. The van der Waals surface area contributed by atoms with E-state index in [9.17, 15) is 10.1 Å². The number of anilines is 1. The Balaban J connectivity index is 1.88. The lowest BCUT2D eigenvalue weighted by atomic mass is 9.92. The third kappa shape index (κ3) is 2.90.